The molecule has 0 radical (unpaired) electrons. The zero-order valence-corrected chi connectivity index (χ0v) is 15.1. The van der Waals surface area contributed by atoms with Crippen LogP contribution in [0.1, 0.15) is 24.5 Å². The summed E-state index contributed by atoms with van der Waals surface area (Å²) in [7, 11) is 1.55. The third-order valence-corrected chi connectivity index (χ3v) is 4.17. The molecule has 1 atom stereocenters. The Bertz CT molecular complexity index is 675. The summed E-state index contributed by atoms with van der Waals surface area (Å²) < 4.78 is 24.1. The second-order valence-corrected chi connectivity index (χ2v) is 6.10. The Hall–Kier alpha value is -1.82. The van der Waals surface area contributed by atoms with Gasteiger partial charge in [-0.05, 0) is 41.8 Å². The fourth-order valence-electron chi connectivity index (χ4n) is 2.35. The van der Waals surface area contributed by atoms with E-state index in [1.54, 1.807) is 25.3 Å². The topological polar surface area (TPSA) is 50.7 Å². The largest absolute Gasteiger partial charge is 0.493 e. The van der Waals surface area contributed by atoms with Crippen molar-refractivity contribution in [3.05, 3.63) is 58.4 Å². The normalized spacial score (nSPS) is 12.0. The number of halogens is 2. The van der Waals surface area contributed by atoms with Crippen LogP contribution in [0.3, 0.4) is 0 Å². The molecule has 2 aromatic carbocycles. The summed E-state index contributed by atoms with van der Waals surface area (Å²) >= 11 is 6.35. The van der Waals surface area contributed by atoms with Gasteiger partial charge in [0.15, 0.2) is 11.5 Å². The minimum absolute atomic E-state index is 0.0409. The Kier molecular flexibility index (Phi) is 7.50. The molecule has 0 amide bonds. The molecule has 0 aromatic heterocycles. The lowest BCUT2D eigenvalue weighted by Gasteiger charge is -2.17. The molecule has 0 aliphatic rings. The summed E-state index contributed by atoms with van der Waals surface area (Å²) in [6, 6.07) is 9.79. The number of rotatable bonds is 9. The number of ether oxygens (including phenoxy) is 2. The van der Waals surface area contributed by atoms with E-state index in [2.05, 4.69) is 5.32 Å². The van der Waals surface area contributed by atoms with Crippen LogP contribution < -0.4 is 14.8 Å². The predicted molar refractivity (Wildman–Crippen MR) is 96.7 cm³/mol. The summed E-state index contributed by atoms with van der Waals surface area (Å²) in [4.78, 5) is 0. The first-order valence-corrected chi connectivity index (χ1v) is 8.53. The molecule has 0 unspecified atom stereocenters. The van der Waals surface area contributed by atoms with E-state index in [4.69, 9.17) is 21.1 Å². The molecule has 0 fully saturated rings. The lowest BCUT2D eigenvalue weighted by atomic mass is 10.1. The molecule has 4 nitrogen and oxygen atoms in total. The highest BCUT2D eigenvalue weighted by Crippen LogP contribution is 2.37. The maximum atomic E-state index is 13.0. The molecule has 2 aromatic rings. The highest BCUT2D eigenvalue weighted by molar-refractivity contribution is 6.32. The molecule has 2 N–H and O–H groups in total. The molecule has 0 heterocycles. The van der Waals surface area contributed by atoms with Gasteiger partial charge in [0, 0.05) is 12.6 Å². The first kappa shape index (κ1) is 19.5. The molecule has 0 spiro atoms. The molecule has 0 bridgehead atoms. The number of methoxy groups -OCH3 is 1. The summed E-state index contributed by atoms with van der Waals surface area (Å²) in [5.41, 5.74) is 1.77. The number of nitrogens with one attached hydrogen (secondary N) is 1. The highest BCUT2D eigenvalue weighted by Gasteiger charge is 2.13. The molecule has 2 rings (SSSR count). The Labute approximate surface area is 152 Å². The van der Waals surface area contributed by atoms with Gasteiger partial charge in [-0.15, -0.1) is 0 Å². The molecular weight excluding hydrogens is 345 g/mol. The molecule has 0 saturated carbocycles. The predicted octanol–water partition coefficient (Wildman–Crippen LogP) is 3.93. The number of aliphatic hydroxyl groups excluding tert-OH is 1. The van der Waals surface area contributed by atoms with Gasteiger partial charge >= 0.3 is 0 Å². The van der Waals surface area contributed by atoms with Crippen molar-refractivity contribution < 1.29 is 19.0 Å². The smallest absolute Gasteiger partial charge is 0.180 e. The van der Waals surface area contributed by atoms with Crippen molar-refractivity contribution in [2.75, 3.05) is 13.7 Å². The Balaban J connectivity index is 2.09. The molecule has 25 heavy (non-hydrogen) atoms. The van der Waals surface area contributed by atoms with Gasteiger partial charge in [0.25, 0.3) is 0 Å². The second-order valence-electron chi connectivity index (χ2n) is 5.69. The number of hydrogen-bond acceptors (Lipinski definition) is 4. The standard InChI is InChI=1S/C19H23ClFNO3/c1-3-16(11-23)22-10-14-8-17(20)19(18(9-14)24-2)25-12-13-4-6-15(21)7-5-13/h4-9,16,22-23H,3,10-12H2,1-2H3/t16-/m0/s1. The monoisotopic (exact) mass is 367 g/mol. The van der Waals surface area contributed by atoms with Crippen molar-refractivity contribution in [2.24, 2.45) is 0 Å². The third-order valence-electron chi connectivity index (χ3n) is 3.89. The van der Waals surface area contributed by atoms with Gasteiger partial charge in [0.1, 0.15) is 12.4 Å². The minimum Gasteiger partial charge on any atom is -0.493 e. The lowest BCUT2D eigenvalue weighted by Crippen LogP contribution is -2.31. The van der Waals surface area contributed by atoms with Crippen molar-refractivity contribution in [3.63, 3.8) is 0 Å². The van der Waals surface area contributed by atoms with Gasteiger partial charge in [-0.25, -0.2) is 4.39 Å². The van der Waals surface area contributed by atoms with Crippen molar-refractivity contribution in [3.8, 4) is 11.5 Å². The van der Waals surface area contributed by atoms with Crippen LogP contribution in [-0.2, 0) is 13.2 Å². The van der Waals surface area contributed by atoms with E-state index >= 15 is 0 Å². The van der Waals surface area contributed by atoms with Gasteiger partial charge in [-0.1, -0.05) is 30.7 Å². The van der Waals surface area contributed by atoms with Crippen molar-refractivity contribution in [2.45, 2.75) is 32.5 Å². The van der Waals surface area contributed by atoms with E-state index in [-0.39, 0.29) is 25.1 Å². The van der Waals surface area contributed by atoms with E-state index in [0.717, 1.165) is 17.5 Å². The van der Waals surface area contributed by atoms with Crippen LogP contribution in [0, 0.1) is 5.82 Å². The highest BCUT2D eigenvalue weighted by atomic mass is 35.5. The van der Waals surface area contributed by atoms with Gasteiger partial charge < -0.3 is 19.9 Å². The van der Waals surface area contributed by atoms with Crippen LogP contribution >= 0.6 is 11.6 Å². The Morgan fingerprint density at radius 1 is 1.20 bits per heavy atom. The van der Waals surface area contributed by atoms with Crippen LogP contribution in [0.25, 0.3) is 0 Å². The zero-order chi connectivity index (χ0) is 18.2. The SMILES string of the molecule is CC[C@@H](CO)NCc1cc(Cl)c(OCc2ccc(F)cc2)c(OC)c1. The number of hydrogen-bond donors (Lipinski definition) is 2. The quantitative estimate of drug-likeness (QED) is 0.705. The summed E-state index contributed by atoms with van der Waals surface area (Å²) in [6.07, 6.45) is 0.834. The average Bonchev–Trinajstić information content (AvgIpc) is 2.62. The fraction of sp³-hybridized carbons (Fsp3) is 0.368. The lowest BCUT2D eigenvalue weighted by molar-refractivity contribution is 0.238. The van der Waals surface area contributed by atoms with Crippen LogP contribution in [0.2, 0.25) is 5.02 Å². The Morgan fingerprint density at radius 3 is 2.52 bits per heavy atom. The second kappa shape index (κ2) is 9.61. The number of benzene rings is 2. The summed E-state index contributed by atoms with van der Waals surface area (Å²) in [6.45, 7) is 2.91. The first-order chi connectivity index (χ1) is 12.1. The van der Waals surface area contributed by atoms with Crippen LogP contribution in [0.15, 0.2) is 36.4 Å². The minimum atomic E-state index is -0.288. The summed E-state index contributed by atoms with van der Waals surface area (Å²) in [5.74, 6) is 0.694. The van der Waals surface area contributed by atoms with Crippen LogP contribution in [0.5, 0.6) is 11.5 Å². The molecule has 0 aliphatic carbocycles. The molecule has 136 valence electrons. The van der Waals surface area contributed by atoms with E-state index in [9.17, 15) is 9.50 Å². The van der Waals surface area contributed by atoms with E-state index in [0.29, 0.717) is 23.1 Å². The van der Waals surface area contributed by atoms with Crippen LogP contribution in [-0.4, -0.2) is 24.9 Å². The Morgan fingerprint density at radius 2 is 1.92 bits per heavy atom. The van der Waals surface area contributed by atoms with Crippen molar-refractivity contribution in [1.29, 1.82) is 0 Å². The maximum Gasteiger partial charge on any atom is 0.180 e. The molecule has 0 aliphatic heterocycles. The van der Waals surface area contributed by atoms with E-state index < -0.39 is 0 Å². The molecular formula is C19H23ClFNO3. The van der Waals surface area contributed by atoms with Gasteiger partial charge in [-0.3, -0.25) is 0 Å². The average molecular weight is 368 g/mol. The maximum absolute atomic E-state index is 13.0. The van der Waals surface area contributed by atoms with Crippen molar-refractivity contribution >= 4 is 11.6 Å². The number of aliphatic hydroxyl groups is 1. The van der Waals surface area contributed by atoms with Gasteiger partial charge in [-0.2, -0.15) is 0 Å². The first-order valence-electron chi connectivity index (χ1n) is 8.15. The van der Waals surface area contributed by atoms with Gasteiger partial charge in [0.2, 0.25) is 0 Å². The van der Waals surface area contributed by atoms with Crippen molar-refractivity contribution in [1.82, 2.24) is 5.32 Å². The van der Waals surface area contributed by atoms with Crippen LogP contribution in [0.4, 0.5) is 4.39 Å². The molecule has 0 saturated heterocycles. The van der Waals surface area contributed by atoms with Gasteiger partial charge in [0.05, 0.1) is 18.7 Å². The molecule has 6 heteroatoms. The zero-order valence-electron chi connectivity index (χ0n) is 14.4. The third kappa shape index (κ3) is 5.59. The fourth-order valence-corrected chi connectivity index (χ4v) is 2.64. The van der Waals surface area contributed by atoms with E-state index in [1.807, 2.05) is 13.0 Å². The van der Waals surface area contributed by atoms with E-state index in [1.165, 1.54) is 12.1 Å². The summed E-state index contributed by atoms with van der Waals surface area (Å²) in [5, 5.41) is 12.9.